The lowest BCUT2D eigenvalue weighted by molar-refractivity contribution is 0.0737. The predicted molar refractivity (Wildman–Crippen MR) is 72.9 cm³/mol. The van der Waals surface area contributed by atoms with E-state index in [1.165, 1.54) is 0 Å². The maximum absolute atomic E-state index is 12.5. The molecule has 7 heteroatoms. The van der Waals surface area contributed by atoms with Crippen LogP contribution in [0.4, 0.5) is 0 Å². The molecule has 1 amide bonds. The molecule has 2 heterocycles. The Kier molecular flexibility index (Phi) is 4.14. The van der Waals surface area contributed by atoms with Crippen molar-refractivity contribution >= 4 is 23.2 Å². The molecule has 1 unspecified atom stereocenters. The fourth-order valence-corrected chi connectivity index (χ4v) is 3.01. The molecule has 1 aromatic rings. The minimum Gasteiger partial charge on any atom is -0.411 e. The summed E-state index contributed by atoms with van der Waals surface area (Å²) < 4.78 is 3.89. The highest BCUT2D eigenvalue weighted by Gasteiger charge is 2.29. The van der Waals surface area contributed by atoms with Gasteiger partial charge in [-0.25, -0.2) is 0 Å². The minimum atomic E-state index is -0.0115. The van der Waals surface area contributed by atoms with Crippen molar-refractivity contribution in [3.8, 4) is 0 Å². The van der Waals surface area contributed by atoms with Crippen LogP contribution < -0.4 is 0 Å². The van der Waals surface area contributed by atoms with E-state index < -0.39 is 0 Å². The van der Waals surface area contributed by atoms with E-state index in [2.05, 4.69) is 14.7 Å². The molecule has 0 aromatic carbocycles. The number of aromatic nitrogens is 2. The lowest BCUT2D eigenvalue weighted by Gasteiger charge is -2.31. The molecule has 6 nitrogen and oxygen atoms in total. The summed E-state index contributed by atoms with van der Waals surface area (Å²) in [6.45, 7) is 7.13. The van der Waals surface area contributed by atoms with Crippen LogP contribution in [0.1, 0.15) is 48.5 Å². The van der Waals surface area contributed by atoms with Gasteiger partial charge in [0.25, 0.3) is 5.91 Å². The van der Waals surface area contributed by atoms with Gasteiger partial charge in [0, 0.05) is 25.4 Å². The number of nitrogens with zero attached hydrogens (tertiary/aromatic N) is 4. The van der Waals surface area contributed by atoms with Crippen LogP contribution in [0.15, 0.2) is 5.16 Å². The average Bonchev–Trinajstić information content (AvgIpc) is 2.87. The summed E-state index contributed by atoms with van der Waals surface area (Å²) in [5.74, 6) is 0.267. The first kappa shape index (κ1) is 13.9. The second-order valence-corrected chi connectivity index (χ2v) is 5.89. The normalized spacial score (nSPS) is 22.2. The maximum atomic E-state index is 12.5. The largest absolute Gasteiger partial charge is 0.411 e. The van der Waals surface area contributed by atoms with Gasteiger partial charge in [-0.2, -0.15) is 0 Å². The van der Waals surface area contributed by atoms with Crippen molar-refractivity contribution in [2.24, 2.45) is 11.1 Å². The Balaban J connectivity index is 2.15. The number of likely N-dealkylation sites (tertiary alicyclic amines) is 1. The van der Waals surface area contributed by atoms with E-state index in [1.54, 1.807) is 4.90 Å². The molecule has 2 rings (SSSR count). The molecule has 0 spiro atoms. The average molecular weight is 282 g/mol. The number of rotatable bonds is 2. The molecular formula is C12H18N4O2S. The van der Waals surface area contributed by atoms with Crippen LogP contribution >= 0.6 is 11.5 Å². The summed E-state index contributed by atoms with van der Waals surface area (Å²) in [6, 6.07) is 0. The van der Waals surface area contributed by atoms with E-state index in [-0.39, 0.29) is 17.7 Å². The Labute approximate surface area is 116 Å². The zero-order valence-corrected chi connectivity index (χ0v) is 12.1. The number of hydrogen-bond acceptors (Lipinski definition) is 6. The van der Waals surface area contributed by atoms with Crippen molar-refractivity contribution in [1.82, 2.24) is 14.5 Å². The van der Waals surface area contributed by atoms with Crippen LogP contribution in [0.5, 0.6) is 0 Å². The van der Waals surface area contributed by atoms with Gasteiger partial charge in [0.05, 0.1) is 11.4 Å². The summed E-state index contributed by atoms with van der Waals surface area (Å²) in [5.41, 5.74) is 1.53. The van der Waals surface area contributed by atoms with Gasteiger partial charge in [-0.15, -0.1) is 5.10 Å². The number of carbonyl (C=O) groups is 1. The topological polar surface area (TPSA) is 78.7 Å². The first-order valence-corrected chi connectivity index (χ1v) is 7.14. The van der Waals surface area contributed by atoms with E-state index in [9.17, 15) is 4.79 Å². The fraction of sp³-hybridized carbons (Fsp3) is 0.667. The van der Waals surface area contributed by atoms with Crippen LogP contribution in [-0.4, -0.2) is 44.4 Å². The van der Waals surface area contributed by atoms with Crippen molar-refractivity contribution in [3.63, 3.8) is 0 Å². The van der Waals surface area contributed by atoms with Gasteiger partial charge in [0.2, 0.25) is 0 Å². The molecule has 1 aliphatic rings. The van der Waals surface area contributed by atoms with Crippen molar-refractivity contribution in [3.05, 3.63) is 10.6 Å². The molecular weight excluding hydrogens is 264 g/mol. The van der Waals surface area contributed by atoms with E-state index in [0.29, 0.717) is 24.4 Å². The lowest BCUT2D eigenvalue weighted by Crippen LogP contribution is -2.43. The molecule has 1 saturated heterocycles. The SMILES string of the molecule is CC1CN(C(=O)c2snnc2C(C)C)CCC1=NO. The Morgan fingerprint density at radius 3 is 2.89 bits per heavy atom. The van der Waals surface area contributed by atoms with E-state index >= 15 is 0 Å². The van der Waals surface area contributed by atoms with Crippen molar-refractivity contribution in [2.75, 3.05) is 13.1 Å². The molecule has 0 bridgehead atoms. The molecule has 1 N–H and O–H groups in total. The third-order valence-electron chi connectivity index (χ3n) is 3.37. The molecule has 0 saturated carbocycles. The van der Waals surface area contributed by atoms with Gasteiger partial charge in [0.15, 0.2) is 0 Å². The second kappa shape index (κ2) is 5.64. The lowest BCUT2D eigenvalue weighted by atomic mass is 9.97. The zero-order chi connectivity index (χ0) is 14.0. The second-order valence-electron chi connectivity index (χ2n) is 5.14. The van der Waals surface area contributed by atoms with Gasteiger partial charge in [0.1, 0.15) is 4.88 Å². The Morgan fingerprint density at radius 1 is 1.58 bits per heavy atom. The van der Waals surface area contributed by atoms with Gasteiger partial charge < -0.3 is 10.1 Å². The van der Waals surface area contributed by atoms with E-state index in [0.717, 1.165) is 22.9 Å². The molecule has 1 atom stereocenters. The Bertz CT molecular complexity index is 498. The quantitative estimate of drug-likeness (QED) is 0.664. The maximum Gasteiger partial charge on any atom is 0.267 e. The van der Waals surface area contributed by atoms with Crippen LogP contribution in [0.2, 0.25) is 0 Å². The zero-order valence-electron chi connectivity index (χ0n) is 11.3. The van der Waals surface area contributed by atoms with E-state index in [1.807, 2.05) is 20.8 Å². The number of oxime groups is 1. The highest BCUT2D eigenvalue weighted by atomic mass is 32.1. The van der Waals surface area contributed by atoms with Crippen molar-refractivity contribution in [1.29, 1.82) is 0 Å². The summed E-state index contributed by atoms with van der Waals surface area (Å²) in [5, 5.41) is 16.2. The van der Waals surface area contributed by atoms with Crippen LogP contribution in [0, 0.1) is 5.92 Å². The molecule has 1 fully saturated rings. The molecule has 1 aliphatic heterocycles. The highest BCUT2D eigenvalue weighted by Crippen LogP contribution is 2.23. The van der Waals surface area contributed by atoms with Gasteiger partial charge in [-0.1, -0.05) is 30.4 Å². The Morgan fingerprint density at radius 2 is 2.32 bits per heavy atom. The number of amides is 1. The standard InChI is InChI=1S/C12H18N4O2S/c1-7(2)10-11(19-15-13-10)12(17)16-5-4-9(14-18)8(3)6-16/h7-8,18H,4-6H2,1-3H3. The summed E-state index contributed by atoms with van der Waals surface area (Å²) in [6.07, 6.45) is 0.618. The van der Waals surface area contributed by atoms with Crippen molar-refractivity contribution < 1.29 is 10.0 Å². The third kappa shape index (κ3) is 2.75. The van der Waals surface area contributed by atoms with Gasteiger partial charge >= 0.3 is 0 Å². The smallest absolute Gasteiger partial charge is 0.267 e. The summed E-state index contributed by atoms with van der Waals surface area (Å²) in [4.78, 5) is 14.9. The summed E-state index contributed by atoms with van der Waals surface area (Å²) >= 11 is 1.16. The van der Waals surface area contributed by atoms with E-state index in [4.69, 9.17) is 5.21 Å². The highest BCUT2D eigenvalue weighted by molar-refractivity contribution is 7.08. The number of hydrogen-bond donors (Lipinski definition) is 1. The first-order chi connectivity index (χ1) is 9.04. The van der Waals surface area contributed by atoms with Crippen LogP contribution in [0.3, 0.4) is 0 Å². The predicted octanol–water partition coefficient (Wildman–Crippen LogP) is 1.97. The Hall–Kier alpha value is -1.50. The summed E-state index contributed by atoms with van der Waals surface area (Å²) in [7, 11) is 0. The molecule has 104 valence electrons. The minimum absolute atomic E-state index is 0.0115. The molecule has 0 aliphatic carbocycles. The molecule has 1 aromatic heterocycles. The first-order valence-electron chi connectivity index (χ1n) is 6.37. The monoisotopic (exact) mass is 282 g/mol. The third-order valence-corrected chi connectivity index (χ3v) is 4.10. The fourth-order valence-electron chi connectivity index (χ4n) is 2.22. The van der Waals surface area contributed by atoms with Gasteiger partial charge in [-0.05, 0) is 17.5 Å². The van der Waals surface area contributed by atoms with Crippen LogP contribution in [-0.2, 0) is 0 Å². The molecule has 0 radical (unpaired) electrons. The number of carbonyl (C=O) groups excluding carboxylic acids is 1. The van der Waals surface area contributed by atoms with Crippen LogP contribution in [0.25, 0.3) is 0 Å². The van der Waals surface area contributed by atoms with Crippen molar-refractivity contribution in [2.45, 2.75) is 33.1 Å². The van der Waals surface area contributed by atoms with Gasteiger partial charge in [-0.3, -0.25) is 4.79 Å². The number of piperidine rings is 1. The molecule has 19 heavy (non-hydrogen) atoms.